The number of hydrogen-bond donors (Lipinski definition) is 0. The molecule has 0 radical (unpaired) electrons. The summed E-state index contributed by atoms with van der Waals surface area (Å²) in [6, 6.07) is 0. The molecule has 10 heteroatoms. The van der Waals surface area contributed by atoms with Crippen molar-refractivity contribution in [2.24, 2.45) is 0 Å². The van der Waals surface area contributed by atoms with Crippen LogP contribution in [0.3, 0.4) is 0 Å². The molecule has 0 aliphatic carbocycles. The lowest BCUT2D eigenvalue weighted by atomic mass is 10.9. The van der Waals surface area contributed by atoms with Crippen molar-refractivity contribution < 1.29 is 30.7 Å². The van der Waals surface area contributed by atoms with E-state index in [0.717, 1.165) is 0 Å². The van der Waals surface area contributed by atoms with Gasteiger partial charge in [0.2, 0.25) is 0 Å². The van der Waals surface area contributed by atoms with E-state index in [1.165, 1.54) is 0 Å². The third-order valence-corrected chi connectivity index (χ3v) is 18.2. The van der Waals surface area contributed by atoms with Gasteiger partial charge in [-0.3, -0.25) is 0 Å². The Morgan fingerprint density at radius 3 is 1.04 bits per heavy atom. The van der Waals surface area contributed by atoms with Crippen LogP contribution in [0.5, 0.6) is 0 Å². The molecular formula is C14H36O7Si3. The van der Waals surface area contributed by atoms with Crippen LogP contribution in [-0.2, 0) is 30.7 Å². The fourth-order valence-electron chi connectivity index (χ4n) is 2.34. The monoisotopic (exact) mass is 400 g/mol. The molecule has 0 unspecified atom stereocenters. The van der Waals surface area contributed by atoms with Gasteiger partial charge in [-0.2, -0.15) is 0 Å². The summed E-state index contributed by atoms with van der Waals surface area (Å²) in [5.41, 5.74) is 0. The highest BCUT2D eigenvalue weighted by atomic mass is 29.3. The summed E-state index contributed by atoms with van der Waals surface area (Å²) >= 11 is 0. The Morgan fingerprint density at radius 1 is 0.500 bits per heavy atom. The maximum Gasteiger partial charge on any atom is 0.669 e. The fourth-order valence-corrected chi connectivity index (χ4v) is 16.5. The van der Waals surface area contributed by atoms with Gasteiger partial charge in [0.25, 0.3) is 7.83 Å². The Balaban J connectivity index is 5.71. The van der Waals surface area contributed by atoms with Crippen LogP contribution in [-0.4, -0.2) is 64.8 Å². The molecule has 0 aromatic carbocycles. The molecule has 0 atom stereocenters. The zero-order valence-electron chi connectivity index (χ0n) is 16.6. The van der Waals surface area contributed by atoms with E-state index in [-0.39, 0.29) is 0 Å². The van der Waals surface area contributed by atoms with Gasteiger partial charge in [-0.25, -0.2) is 0 Å². The maximum absolute atomic E-state index is 6.47. The molecule has 0 aromatic rings. The van der Waals surface area contributed by atoms with Crippen molar-refractivity contribution >= 4 is 25.2 Å². The summed E-state index contributed by atoms with van der Waals surface area (Å²) in [5, 5.41) is 0. The predicted octanol–water partition coefficient (Wildman–Crippen LogP) is 2.88. The summed E-state index contributed by atoms with van der Waals surface area (Å²) in [6.07, 6.45) is 0. The minimum Gasteiger partial charge on any atom is -0.388 e. The molecule has 24 heavy (non-hydrogen) atoms. The van der Waals surface area contributed by atoms with Crippen LogP contribution in [0.15, 0.2) is 0 Å². The second kappa shape index (κ2) is 11.9. The maximum atomic E-state index is 6.47. The van der Waals surface area contributed by atoms with Crippen molar-refractivity contribution in [3.63, 3.8) is 0 Å². The Hall–Kier alpha value is 0.371. The van der Waals surface area contributed by atoms with Crippen LogP contribution in [0.4, 0.5) is 0 Å². The van der Waals surface area contributed by atoms with Crippen molar-refractivity contribution in [3.05, 3.63) is 0 Å². The quantitative estimate of drug-likeness (QED) is 0.392. The Bertz CT molecular complexity index is 297. The molecule has 0 fully saturated rings. The van der Waals surface area contributed by atoms with E-state index in [0.29, 0.717) is 39.6 Å². The summed E-state index contributed by atoms with van der Waals surface area (Å²) in [6.45, 7) is 18.4. The second-order valence-electron chi connectivity index (χ2n) is 5.27. The molecule has 0 saturated heterocycles. The molecule has 0 saturated carbocycles. The van der Waals surface area contributed by atoms with Crippen LogP contribution in [0.1, 0.15) is 41.5 Å². The molecule has 0 N–H and O–H groups in total. The Morgan fingerprint density at radius 2 is 0.792 bits per heavy atom. The van der Waals surface area contributed by atoms with Gasteiger partial charge in [0.05, 0.1) is 0 Å². The van der Waals surface area contributed by atoms with Gasteiger partial charge in [0.15, 0.2) is 0 Å². The normalized spacial score (nSPS) is 13.5. The third kappa shape index (κ3) is 6.59. The Labute approximate surface area is 150 Å². The zero-order chi connectivity index (χ0) is 18.7. The van der Waals surface area contributed by atoms with Gasteiger partial charge < -0.3 is 30.7 Å². The lowest BCUT2D eigenvalue weighted by molar-refractivity contribution is 0.00390. The van der Waals surface area contributed by atoms with E-state index in [9.17, 15) is 0 Å². The molecule has 0 amide bonds. The van der Waals surface area contributed by atoms with Crippen LogP contribution in [0, 0.1) is 0 Å². The van der Waals surface area contributed by atoms with Gasteiger partial charge >= 0.3 is 17.4 Å². The van der Waals surface area contributed by atoms with Crippen LogP contribution in [0.2, 0.25) is 13.1 Å². The largest absolute Gasteiger partial charge is 0.669 e. The van der Waals surface area contributed by atoms with E-state index in [2.05, 4.69) is 0 Å². The summed E-state index contributed by atoms with van der Waals surface area (Å²) in [7, 11) is -8.91. The standard InChI is InChI=1S/C14H36O7Si3/c1-9-15-23(16-10-2,17-11-3)21-22(7,8)24(18-12-4,19-13-5)20-14-6/h9-14H2,1-8H3. The topological polar surface area (TPSA) is 64.6 Å². The van der Waals surface area contributed by atoms with E-state index in [1.807, 2.05) is 54.6 Å². The van der Waals surface area contributed by atoms with Gasteiger partial charge in [-0.05, 0) is 54.6 Å². The van der Waals surface area contributed by atoms with Gasteiger partial charge in [-0.15, -0.1) is 0 Å². The lowest BCUT2D eigenvalue weighted by Crippen LogP contribution is -2.72. The third-order valence-electron chi connectivity index (χ3n) is 3.08. The molecule has 0 bridgehead atoms. The molecule has 0 aliphatic rings. The highest BCUT2D eigenvalue weighted by Crippen LogP contribution is 2.29. The van der Waals surface area contributed by atoms with Gasteiger partial charge in [-0.1, -0.05) is 0 Å². The minimum absolute atomic E-state index is 0.448. The first-order valence-electron chi connectivity index (χ1n) is 8.86. The van der Waals surface area contributed by atoms with E-state index in [1.54, 1.807) is 0 Å². The van der Waals surface area contributed by atoms with Crippen LogP contribution >= 0.6 is 0 Å². The lowest BCUT2D eigenvalue weighted by Gasteiger charge is -2.42. The first kappa shape index (κ1) is 24.4. The van der Waals surface area contributed by atoms with E-state index < -0.39 is 25.2 Å². The van der Waals surface area contributed by atoms with Crippen molar-refractivity contribution in [2.45, 2.75) is 54.6 Å². The summed E-state index contributed by atoms with van der Waals surface area (Å²) in [5.74, 6) is 0. The smallest absolute Gasteiger partial charge is 0.388 e. The van der Waals surface area contributed by atoms with Gasteiger partial charge in [0.1, 0.15) is 0 Å². The SMILES string of the molecule is CCO[Si](OCC)(OCC)O[Si](C)(C)[Si](OCC)(OCC)OCC. The highest BCUT2D eigenvalue weighted by Gasteiger charge is 2.64. The molecule has 7 nitrogen and oxygen atoms in total. The molecule has 0 aromatic heterocycles. The van der Waals surface area contributed by atoms with Crippen molar-refractivity contribution in [2.75, 3.05) is 39.6 Å². The predicted molar refractivity (Wildman–Crippen MR) is 99.8 cm³/mol. The van der Waals surface area contributed by atoms with Crippen molar-refractivity contribution in [1.29, 1.82) is 0 Å². The Kier molecular flexibility index (Phi) is 12.1. The average Bonchev–Trinajstić information content (AvgIpc) is 2.48. The molecule has 146 valence electrons. The first-order valence-corrected chi connectivity index (χ1v) is 16.1. The van der Waals surface area contributed by atoms with Crippen LogP contribution < -0.4 is 0 Å². The van der Waals surface area contributed by atoms with Crippen LogP contribution in [0.25, 0.3) is 0 Å². The number of hydrogen-bond acceptors (Lipinski definition) is 7. The molecule has 0 spiro atoms. The van der Waals surface area contributed by atoms with E-state index in [4.69, 9.17) is 30.7 Å². The minimum atomic E-state index is -3.27. The van der Waals surface area contributed by atoms with Crippen molar-refractivity contribution in [1.82, 2.24) is 0 Å². The van der Waals surface area contributed by atoms with Gasteiger partial charge in [0, 0.05) is 39.6 Å². The van der Waals surface area contributed by atoms with E-state index >= 15 is 0 Å². The zero-order valence-corrected chi connectivity index (χ0v) is 19.6. The van der Waals surface area contributed by atoms with Crippen molar-refractivity contribution in [3.8, 4) is 0 Å². The average molecular weight is 401 g/mol. The highest BCUT2D eigenvalue weighted by molar-refractivity contribution is 7.32. The first-order chi connectivity index (χ1) is 11.3. The fraction of sp³-hybridized carbons (Fsp3) is 1.00. The molecule has 0 heterocycles. The number of rotatable bonds is 15. The molecular weight excluding hydrogens is 364 g/mol. The molecule has 0 aliphatic heterocycles. The molecule has 0 rings (SSSR count). The summed E-state index contributed by atoms with van der Waals surface area (Å²) < 4.78 is 42.1. The summed E-state index contributed by atoms with van der Waals surface area (Å²) in [4.78, 5) is 0. The second-order valence-corrected chi connectivity index (χ2v) is 18.4.